The second-order valence-electron chi connectivity index (χ2n) is 6.96. The Balaban J connectivity index is 1.80. The first-order chi connectivity index (χ1) is 13.4. The number of alkyl halides is 2. The van der Waals surface area contributed by atoms with Crippen LogP contribution in [0.15, 0.2) is 18.2 Å². The van der Waals surface area contributed by atoms with Crippen LogP contribution in [0.1, 0.15) is 19.8 Å². The summed E-state index contributed by atoms with van der Waals surface area (Å²) in [5, 5.41) is 0. The summed E-state index contributed by atoms with van der Waals surface area (Å²) in [7, 11) is 1.28. The smallest absolute Gasteiger partial charge is 0.387 e. The van der Waals surface area contributed by atoms with Crippen LogP contribution in [0.5, 0.6) is 11.5 Å². The number of halogens is 2. The molecule has 0 radical (unpaired) electrons. The van der Waals surface area contributed by atoms with Crippen LogP contribution in [0.4, 0.5) is 14.5 Å². The Kier molecular flexibility index (Phi) is 6.21. The van der Waals surface area contributed by atoms with Crippen molar-refractivity contribution >= 4 is 17.6 Å². The van der Waals surface area contributed by atoms with Gasteiger partial charge in [0.1, 0.15) is 6.04 Å². The Hall–Kier alpha value is -2.58. The van der Waals surface area contributed by atoms with Crippen LogP contribution in [0.3, 0.4) is 0 Å². The van der Waals surface area contributed by atoms with E-state index in [0.717, 1.165) is 12.8 Å². The maximum absolute atomic E-state index is 12.7. The minimum Gasteiger partial charge on any atom is -0.489 e. The van der Waals surface area contributed by atoms with Gasteiger partial charge in [0.05, 0.1) is 13.7 Å². The number of piperazine rings is 1. The lowest BCUT2D eigenvalue weighted by molar-refractivity contribution is -0.152. The van der Waals surface area contributed by atoms with E-state index < -0.39 is 18.6 Å². The lowest BCUT2D eigenvalue weighted by Crippen LogP contribution is -2.58. The summed E-state index contributed by atoms with van der Waals surface area (Å²) >= 11 is 0. The Morgan fingerprint density at radius 1 is 1.21 bits per heavy atom. The first-order valence-corrected chi connectivity index (χ1v) is 9.20. The van der Waals surface area contributed by atoms with E-state index in [2.05, 4.69) is 4.74 Å². The molecule has 28 heavy (non-hydrogen) atoms. The van der Waals surface area contributed by atoms with Crippen LogP contribution < -0.4 is 14.4 Å². The summed E-state index contributed by atoms with van der Waals surface area (Å²) in [6.07, 6.45) is 2.14. The number of hydrogen-bond donors (Lipinski definition) is 0. The number of ether oxygens (including phenoxy) is 3. The first-order valence-electron chi connectivity index (χ1n) is 9.20. The van der Waals surface area contributed by atoms with Gasteiger partial charge in [-0.05, 0) is 30.9 Å². The summed E-state index contributed by atoms with van der Waals surface area (Å²) < 4.78 is 40.5. The van der Waals surface area contributed by atoms with Crippen LogP contribution in [-0.4, -0.2) is 62.8 Å². The molecule has 1 atom stereocenters. The molecular formula is C19H24F2N2O5. The molecule has 1 saturated carbocycles. The van der Waals surface area contributed by atoms with Crippen LogP contribution in [-0.2, 0) is 14.3 Å². The van der Waals surface area contributed by atoms with Crippen molar-refractivity contribution < 1.29 is 32.6 Å². The van der Waals surface area contributed by atoms with E-state index in [-0.39, 0.29) is 24.0 Å². The molecule has 0 bridgehead atoms. The molecule has 1 heterocycles. The number of benzene rings is 1. The monoisotopic (exact) mass is 398 g/mol. The number of carbonyl (C=O) groups excluding carboxylic acids is 2. The van der Waals surface area contributed by atoms with Gasteiger partial charge in [-0.3, -0.25) is 4.79 Å². The number of carbonyl (C=O) groups is 2. The van der Waals surface area contributed by atoms with Crippen LogP contribution in [0.25, 0.3) is 0 Å². The van der Waals surface area contributed by atoms with E-state index >= 15 is 0 Å². The third-order valence-corrected chi connectivity index (χ3v) is 4.94. The number of esters is 1. The molecule has 2 aliphatic rings. The fourth-order valence-corrected chi connectivity index (χ4v) is 3.22. The zero-order chi connectivity index (χ0) is 20.3. The summed E-state index contributed by atoms with van der Waals surface area (Å²) in [5.74, 6) is -0.0302. The zero-order valence-corrected chi connectivity index (χ0v) is 15.9. The zero-order valence-electron chi connectivity index (χ0n) is 15.9. The molecule has 1 amide bonds. The predicted molar refractivity (Wildman–Crippen MR) is 96.7 cm³/mol. The van der Waals surface area contributed by atoms with Crippen molar-refractivity contribution in [3.05, 3.63) is 18.2 Å². The first kappa shape index (κ1) is 20.2. The number of anilines is 1. The van der Waals surface area contributed by atoms with Crippen LogP contribution >= 0.6 is 0 Å². The SMILES string of the molecule is COC(=O)[C@@H]1CN(c2ccc(OC(F)F)c(OCC3CC3)c2)CCN1C(C)=O. The van der Waals surface area contributed by atoms with Gasteiger partial charge in [-0.2, -0.15) is 8.78 Å². The van der Waals surface area contributed by atoms with Crippen molar-refractivity contribution in [2.24, 2.45) is 5.92 Å². The molecule has 9 heteroatoms. The maximum atomic E-state index is 12.7. The minimum absolute atomic E-state index is 0.0220. The second-order valence-corrected chi connectivity index (χ2v) is 6.96. The molecule has 1 aromatic rings. The van der Waals surface area contributed by atoms with E-state index in [1.807, 2.05) is 4.90 Å². The highest BCUT2D eigenvalue weighted by Crippen LogP contribution is 2.36. The Morgan fingerprint density at radius 2 is 1.96 bits per heavy atom. The van der Waals surface area contributed by atoms with E-state index in [4.69, 9.17) is 9.47 Å². The molecule has 1 aromatic carbocycles. The van der Waals surface area contributed by atoms with Crippen molar-refractivity contribution in [2.75, 3.05) is 38.3 Å². The van der Waals surface area contributed by atoms with Gasteiger partial charge in [0, 0.05) is 38.3 Å². The van der Waals surface area contributed by atoms with Crippen LogP contribution in [0.2, 0.25) is 0 Å². The standard InChI is InChI=1S/C19H24F2N2O5/c1-12(24)23-8-7-22(10-15(23)18(25)26-2)14-5-6-16(28-19(20)21)17(9-14)27-11-13-3-4-13/h5-6,9,13,15,19H,3-4,7-8,10-11H2,1-2H3/t15-/m0/s1. The minimum atomic E-state index is -2.95. The van der Waals surface area contributed by atoms with Gasteiger partial charge in [-0.15, -0.1) is 0 Å². The number of nitrogens with zero attached hydrogens (tertiary/aromatic N) is 2. The van der Waals surface area contributed by atoms with Crippen LogP contribution in [0, 0.1) is 5.92 Å². The third kappa shape index (κ3) is 4.82. The third-order valence-electron chi connectivity index (χ3n) is 4.94. The van der Waals surface area contributed by atoms with Gasteiger partial charge in [-0.1, -0.05) is 0 Å². The average Bonchev–Trinajstić information content (AvgIpc) is 3.50. The second kappa shape index (κ2) is 8.62. The summed E-state index contributed by atoms with van der Waals surface area (Å²) in [6, 6.07) is 3.98. The topological polar surface area (TPSA) is 68.3 Å². The Morgan fingerprint density at radius 3 is 2.57 bits per heavy atom. The fourth-order valence-electron chi connectivity index (χ4n) is 3.22. The molecule has 3 rings (SSSR count). The van der Waals surface area contributed by atoms with E-state index in [1.54, 1.807) is 12.1 Å². The van der Waals surface area contributed by atoms with E-state index in [9.17, 15) is 18.4 Å². The van der Waals surface area contributed by atoms with Gasteiger partial charge in [-0.25, -0.2) is 4.79 Å². The number of hydrogen-bond acceptors (Lipinski definition) is 6. The summed E-state index contributed by atoms with van der Waals surface area (Å²) in [6.45, 7) is -0.00873. The molecular weight excluding hydrogens is 374 g/mol. The molecule has 0 spiro atoms. The lowest BCUT2D eigenvalue weighted by atomic mass is 10.1. The molecule has 0 aromatic heterocycles. The van der Waals surface area contributed by atoms with Gasteiger partial charge >= 0.3 is 12.6 Å². The van der Waals surface area contributed by atoms with Crippen molar-refractivity contribution in [3.8, 4) is 11.5 Å². The van der Waals surface area contributed by atoms with Gasteiger partial charge in [0.15, 0.2) is 11.5 Å². The van der Waals surface area contributed by atoms with Gasteiger partial charge in [0.2, 0.25) is 5.91 Å². The largest absolute Gasteiger partial charge is 0.489 e. The molecule has 0 N–H and O–H groups in total. The Labute approximate surface area is 162 Å². The molecule has 1 aliphatic carbocycles. The van der Waals surface area contributed by atoms with Crippen molar-refractivity contribution in [2.45, 2.75) is 32.4 Å². The quantitative estimate of drug-likeness (QED) is 0.657. The normalized spacial score (nSPS) is 19.5. The molecule has 7 nitrogen and oxygen atoms in total. The molecule has 1 aliphatic heterocycles. The highest BCUT2D eigenvalue weighted by molar-refractivity contribution is 5.84. The molecule has 2 fully saturated rings. The van der Waals surface area contributed by atoms with Gasteiger partial charge < -0.3 is 24.0 Å². The number of amides is 1. The van der Waals surface area contributed by atoms with Crippen molar-refractivity contribution in [1.82, 2.24) is 4.90 Å². The lowest BCUT2D eigenvalue weighted by Gasteiger charge is -2.40. The number of methoxy groups -OCH3 is 1. The summed E-state index contributed by atoms with van der Waals surface area (Å²) in [5.41, 5.74) is 0.699. The average molecular weight is 398 g/mol. The van der Waals surface area contributed by atoms with Crippen molar-refractivity contribution in [1.29, 1.82) is 0 Å². The predicted octanol–water partition coefficient (Wildman–Crippen LogP) is 2.29. The van der Waals surface area contributed by atoms with E-state index in [0.29, 0.717) is 31.3 Å². The summed E-state index contributed by atoms with van der Waals surface area (Å²) in [4.78, 5) is 27.3. The van der Waals surface area contributed by atoms with Crippen molar-refractivity contribution in [3.63, 3.8) is 0 Å². The number of rotatable bonds is 7. The van der Waals surface area contributed by atoms with Gasteiger partial charge in [0.25, 0.3) is 0 Å². The van der Waals surface area contributed by atoms with E-state index in [1.165, 1.54) is 25.0 Å². The molecule has 154 valence electrons. The Bertz CT molecular complexity index is 726. The highest BCUT2D eigenvalue weighted by atomic mass is 19.3. The fraction of sp³-hybridized carbons (Fsp3) is 0.579. The highest BCUT2D eigenvalue weighted by Gasteiger charge is 2.35. The molecule has 0 unspecified atom stereocenters. The maximum Gasteiger partial charge on any atom is 0.387 e. The molecule has 1 saturated heterocycles.